The molecule has 12 heteroatoms. The maximum atomic E-state index is 12.0. The molecule has 4 aromatic rings. The van der Waals surface area contributed by atoms with Crippen LogP contribution < -0.4 is 11.1 Å². The van der Waals surface area contributed by atoms with Crippen LogP contribution in [-0.4, -0.2) is 37.5 Å². The highest BCUT2D eigenvalue weighted by atomic mass is 35.5. The summed E-state index contributed by atoms with van der Waals surface area (Å²) in [6, 6.07) is 17.3. The number of nitro groups is 1. The predicted molar refractivity (Wildman–Crippen MR) is 161 cm³/mol. The Morgan fingerprint density at radius 2 is 1.80 bits per heavy atom. The van der Waals surface area contributed by atoms with E-state index in [-0.39, 0.29) is 11.4 Å². The van der Waals surface area contributed by atoms with Crippen molar-refractivity contribution < 1.29 is 18.7 Å². The molecule has 1 aliphatic carbocycles. The van der Waals surface area contributed by atoms with Gasteiger partial charge in [-0.15, -0.1) is 0 Å². The molecule has 41 heavy (non-hydrogen) atoms. The van der Waals surface area contributed by atoms with E-state index < -0.39 is 21.6 Å². The first-order valence-electron chi connectivity index (χ1n) is 12.7. The quantitative estimate of drug-likeness (QED) is 0.168. The largest absolute Gasteiger partial charge is 0.364 e. The van der Waals surface area contributed by atoms with E-state index in [1.165, 1.54) is 12.1 Å². The fraction of sp³-hybridized carbons (Fsp3) is 0.207. The zero-order chi connectivity index (χ0) is 30.3. The minimum absolute atomic E-state index is 0.106. The molecule has 10 nitrogen and oxygen atoms in total. The van der Waals surface area contributed by atoms with Crippen LogP contribution in [0.1, 0.15) is 41.0 Å². The summed E-state index contributed by atoms with van der Waals surface area (Å²) < 4.78 is 13.4. The fourth-order valence-electron chi connectivity index (χ4n) is 4.38. The van der Waals surface area contributed by atoms with Crippen molar-refractivity contribution in [2.45, 2.75) is 38.5 Å². The third-order valence-electron chi connectivity index (χ3n) is 6.22. The molecule has 3 aromatic carbocycles. The topological polar surface area (TPSA) is 150 Å². The van der Waals surface area contributed by atoms with Gasteiger partial charge in [0.05, 0.1) is 16.3 Å². The van der Waals surface area contributed by atoms with Crippen molar-refractivity contribution in [3.8, 4) is 16.9 Å². The van der Waals surface area contributed by atoms with Gasteiger partial charge in [0.1, 0.15) is 0 Å². The van der Waals surface area contributed by atoms with Gasteiger partial charge in [0.25, 0.3) is 11.6 Å². The highest BCUT2D eigenvalue weighted by Crippen LogP contribution is 2.38. The number of primary amides is 1. The number of hydrogen-bond donors (Lipinski definition) is 2. The van der Waals surface area contributed by atoms with E-state index in [0.717, 1.165) is 34.5 Å². The van der Waals surface area contributed by atoms with Crippen molar-refractivity contribution in [1.29, 1.82) is 0 Å². The Morgan fingerprint density at radius 1 is 1.12 bits per heavy atom. The minimum Gasteiger partial charge on any atom is -0.364 e. The molecule has 214 valence electrons. The molecule has 0 fully saturated rings. The van der Waals surface area contributed by atoms with Gasteiger partial charge in [-0.2, -0.15) is 5.10 Å². The second-order valence-corrected chi connectivity index (χ2v) is 10.5. The summed E-state index contributed by atoms with van der Waals surface area (Å²) in [4.78, 5) is 33.4. The lowest BCUT2D eigenvalue weighted by molar-refractivity contribution is -0.385. The van der Waals surface area contributed by atoms with E-state index in [4.69, 9.17) is 17.3 Å². The molecule has 0 radical (unpaired) electrons. The maximum Gasteiger partial charge on any atom is 0.272 e. The van der Waals surface area contributed by atoms with Crippen LogP contribution in [0.4, 0.5) is 11.4 Å². The summed E-state index contributed by atoms with van der Waals surface area (Å²) in [5.41, 5.74) is 11.5. The first-order valence-corrected chi connectivity index (χ1v) is 14.6. The van der Waals surface area contributed by atoms with Gasteiger partial charge < -0.3 is 11.1 Å². The van der Waals surface area contributed by atoms with E-state index in [9.17, 15) is 23.9 Å². The fourth-order valence-corrected chi connectivity index (χ4v) is 5.13. The molecule has 1 heterocycles. The number of carbonyl (C=O) groups excluding carboxylic acids is 2. The number of fused-ring (bicyclic) bond motifs is 3. The number of nitro benzene ring substituents is 1. The van der Waals surface area contributed by atoms with Gasteiger partial charge in [-0.25, -0.2) is 4.68 Å². The SMILES string of the molecule is CC.CS(=O)c1ccc(-n2nc(C(N)=O)c3c2-c2cc(NC=O)ccc2CC3)cc1.Cc1cc(Cl)ccc1[N+](=O)[O-]. The third-order valence-corrected chi connectivity index (χ3v) is 7.39. The molecule has 0 bridgehead atoms. The summed E-state index contributed by atoms with van der Waals surface area (Å²) in [7, 11) is -1.08. The molecule has 5 rings (SSSR count). The highest BCUT2D eigenvalue weighted by Gasteiger charge is 2.28. The standard InChI is InChI=1S/C20H18N4O3S.C7H6ClNO2.C2H6/c1-28(27)15-7-5-14(6-8-15)24-19-16(18(23-24)20(21)26)9-3-12-2-4-13(22-11-25)10-17(12)19;1-5-4-6(8)2-3-7(5)9(10)11;1-2/h2,4-8,10-11H,3,9H2,1H3,(H2,21,26)(H,22,25);2-4H,1H3;1-2H3. The summed E-state index contributed by atoms with van der Waals surface area (Å²) in [6.07, 6.45) is 3.65. The van der Waals surface area contributed by atoms with Gasteiger partial charge in [-0.3, -0.25) is 23.9 Å². The molecular formula is C29H30ClN5O5S. The molecule has 3 N–H and O–H groups in total. The molecule has 0 saturated heterocycles. The first kappa shape index (κ1) is 31.2. The molecule has 1 unspecified atom stereocenters. The highest BCUT2D eigenvalue weighted by molar-refractivity contribution is 7.84. The zero-order valence-electron chi connectivity index (χ0n) is 23.0. The Kier molecular flexibility index (Phi) is 10.5. The van der Waals surface area contributed by atoms with Gasteiger partial charge in [0.15, 0.2) is 5.69 Å². The Labute approximate surface area is 245 Å². The Hall–Kier alpha value is -4.35. The number of nitrogens with two attached hydrogens (primary N) is 1. The Balaban J connectivity index is 0.000000299. The van der Waals surface area contributed by atoms with Crippen molar-refractivity contribution in [1.82, 2.24) is 9.78 Å². The van der Waals surface area contributed by atoms with Crippen LogP contribution in [0.5, 0.6) is 0 Å². The number of anilines is 1. The van der Waals surface area contributed by atoms with Crippen LogP contribution in [0.15, 0.2) is 65.6 Å². The van der Waals surface area contributed by atoms with Crippen molar-refractivity contribution in [2.24, 2.45) is 5.73 Å². The van der Waals surface area contributed by atoms with E-state index in [0.29, 0.717) is 34.0 Å². The van der Waals surface area contributed by atoms with Crippen LogP contribution >= 0.6 is 11.6 Å². The van der Waals surface area contributed by atoms with Crippen molar-refractivity contribution >= 4 is 46.1 Å². The molecule has 0 aliphatic heterocycles. The lowest BCUT2D eigenvalue weighted by Gasteiger charge is -2.19. The number of halogens is 1. The van der Waals surface area contributed by atoms with E-state index in [1.54, 1.807) is 36.1 Å². The zero-order valence-corrected chi connectivity index (χ0v) is 24.6. The number of amides is 2. The Bertz CT molecular complexity index is 1620. The maximum absolute atomic E-state index is 12.0. The number of hydrogen-bond acceptors (Lipinski definition) is 6. The number of aromatic nitrogens is 2. The first-order chi connectivity index (χ1) is 19.6. The van der Waals surface area contributed by atoms with Gasteiger partial charge in [0, 0.05) is 55.4 Å². The van der Waals surface area contributed by atoms with Gasteiger partial charge in [0.2, 0.25) is 6.41 Å². The molecular weight excluding hydrogens is 566 g/mol. The third kappa shape index (κ3) is 7.05. The average molecular weight is 596 g/mol. The van der Waals surface area contributed by atoms with Crippen LogP contribution in [-0.2, 0) is 28.4 Å². The molecule has 1 atom stereocenters. The molecule has 0 saturated carbocycles. The molecule has 2 amide bonds. The van der Waals surface area contributed by atoms with Crippen molar-refractivity contribution in [3.63, 3.8) is 0 Å². The number of aryl methyl sites for hydroxylation is 2. The summed E-state index contributed by atoms with van der Waals surface area (Å²) >= 11 is 5.60. The van der Waals surface area contributed by atoms with Gasteiger partial charge in [-0.05, 0) is 73.9 Å². The molecule has 1 aromatic heterocycles. The second kappa shape index (κ2) is 13.8. The summed E-state index contributed by atoms with van der Waals surface area (Å²) in [5.74, 6) is -0.577. The summed E-state index contributed by atoms with van der Waals surface area (Å²) in [6.45, 7) is 5.66. The normalized spacial score (nSPS) is 11.8. The van der Waals surface area contributed by atoms with Gasteiger partial charge >= 0.3 is 0 Å². The van der Waals surface area contributed by atoms with E-state index >= 15 is 0 Å². The van der Waals surface area contributed by atoms with Crippen LogP contribution in [0.3, 0.4) is 0 Å². The van der Waals surface area contributed by atoms with Crippen LogP contribution in [0, 0.1) is 17.0 Å². The number of benzene rings is 3. The van der Waals surface area contributed by atoms with Crippen molar-refractivity contribution in [3.05, 3.63) is 98.2 Å². The lowest BCUT2D eigenvalue weighted by Crippen LogP contribution is -2.15. The number of nitrogens with zero attached hydrogens (tertiary/aromatic N) is 3. The van der Waals surface area contributed by atoms with Crippen LogP contribution in [0.25, 0.3) is 16.9 Å². The lowest BCUT2D eigenvalue weighted by atomic mass is 9.88. The smallest absolute Gasteiger partial charge is 0.272 e. The van der Waals surface area contributed by atoms with Crippen molar-refractivity contribution in [2.75, 3.05) is 11.6 Å². The number of nitrogens with one attached hydrogen (secondary N) is 1. The second-order valence-electron chi connectivity index (χ2n) is 8.72. The van der Waals surface area contributed by atoms with E-state index in [2.05, 4.69) is 10.4 Å². The number of carbonyl (C=O) groups is 2. The van der Waals surface area contributed by atoms with E-state index in [1.807, 2.05) is 44.2 Å². The van der Waals surface area contributed by atoms with Gasteiger partial charge in [-0.1, -0.05) is 31.5 Å². The molecule has 0 spiro atoms. The molecule has 1 aliphatic rings. The minimum atomic E-state index is -1.08. The summed E-state index contributed by atoms with van der Waals surface area (Å²) in [5, 5.41) is 18.0. The average Bonchev–Trinajstić information content (AvgIpc) is 3.35. The van der Waals surface area contributed by atoms with Crippen LogP contribution in [0.2, 0.25) is 5.02 Å². The monoisotopic (exact) mass is 595 g/mol. The predicted octanol–water partition coefficient (Wildman–Crippen LogP) is 5.63. The number of rotatable bonds is 6. The Morgan fingerprint density at radius 3 is 2.37 bits per heavy atom.